The number of carboxylic acids is 1. The zero-order chi connectivity index (χ0) is 22.5. The molecular formula is C24H25NO6. The lowest BCUT2D eigenvalue weighted by Crippen LogP contribution is -2.43. The number of rotatable bonds is 8. The summed E-state index contributed by atoms with van der Waals surface area (Å²) in [4.78, 5) is 36.0. The van der Waals surface area contributed by atoms with Gasteiger partial charge in [0.2, 0.25) is 0 Å². The van der Waals surface area contributed by atoms with Crippen molar-refractivity contribution >= 4 is 22.6 Å². The second-order valence-electron chi connectivity index (χ2n) is 7.86. The Labute approximate surface area is 179 Å². The van der Waals surface area contributed by atoms with E-state index < -0.39 is 23.5 Å². The Hall–Kier alpha value is -3.61. The summed E-state index contributed by atoms with van der Waals surface area (Å²) in [5.41, 5.74) is 0.995. The van der Waals surface area contributed by atoms with Crippen molar-refractivity contribution in [1.29, 1.82) is 0 Å². The van der Waals surface area contributed by atoms with Crippen LogP contribution in [0.2, 0.25) is 0 Å². The summed E-state index contributed by atoms with van der Waals surface area (Å²) in [6.45, 7) is 5.29. The van der Waals surface area contributed by atoms with E-state index in [1.54, 1.807) is 30.3 Å². The molecule has 3 rings (SSSR count). The van der Waals surface area contributed by atoms with E-state index in [1.807, 2.05) is 39.0 Å². The molecule has 0 saturated heterocycles. The zero-order valence-corrected chi connectivity index (χ0v) is 17.7. The van der Waals surface area contributed by atoms with Crippen LogP contribution in [0.3, 0.4) is 0 Å². The van der Waals surface area contributed by atoms with Crippen LogP contribution in [0.25, 0.3) is 22.1 Å². The summed E-state index contributed by atoms with van der Waals surface area (Å²) < 4.78 is 11.2. The van der Waals surface area contributed by atoms with E-state index >= 15 is 0 Å². The molecule has 1 heterocycles. The van der Waals surface area contributed by atoms with Gasteiger partial charge >= 0.3 is 11.6 Å². The Morgan fingerprint density at radius 2 is 1.87 bits per heavy atom. The molecular weight excluding hydrogens is 398 g/mol. The van der Waals surface area contributed by atoms with Crippen molar-refractivity contribution in [2.24, 2.45) is 5.92 Å². The molecule has 0 aliphatic heterocycles. The number of aryl methyl sites for hydroxylation is 1. The lowest BCUT2D eigenvalue weighted by Gasteiger charge is -2.17. The van der Waals surface area contributed by atoms with Crippen LogP contribution in [-0.4, -0.2) is 29.6 Å². The summed E-state index contributed by atoms with van der Waals surface area (Å²) in [6, 6.07) is 13.2. The second kappa shape index (κ2) is 9.47. The van der Waals surface area contributed by atoms with Crippen LogP contribution >= 0.6 is 0 Å². The smallest absolute Gasteiger partial charge is 0.344 e. The van der Waals surface area contributed by atoms with Gasteiger partial charge in [-0.15, -0.1) is 0 Å². The molecule has 7 heteroatoms. The Bertz CT molecular complexity index is 1160. The number of aliphatic carboxylic acids is 1. The maximum Gasteiger partial charge on any atom is 0.344 e. The predicted octanol–water partition coefficient (Wildman–Crippen LogP) is 3.76. The van der Waals surface area contributed by atoms with Gasteiger partial charge in [0, 0.05) is 0 Å². The predicted molar refractivity (Wildman–Crippen MR) is 117 cm³/mol. The number of fused-ring (bicyclic) bond motifs is 1. The fraction of sp³-hybridized carbons (Fsp3) is 0.292. The van der Waals surface area contributed by atoms with Gasteiger partial charge in [0.05, 0.1) is 10.9 Å². The number of hydrogen-bond donors (Lipinski definition) is 2. The van der Waals surface area contributed by atoms with Crippen molar-refractivity contribution in [3.8, 4) is 17.1 Å². The largest absolute Gasteiger partial charge is 0.483 e. The molecule has 162 valence electrons. The average Bonchev–Trinajstić information content (AvgIpc) is 2.72. The van der Waals surface area contributed by atoms with Crippen molar-refractivity contribution in [1.82, 2.24) is 5.32 Å². The minimum atomic E-state index is -1.09. The van der Waals surface area contributed by atoms with E-state index in [2.05, 4.69) is 5.32 Å². The Morgan fingerprint density at radius 3 is 2.58 bits per heavy atom. The summed E-state index contributed by atoms with van der Waals surface area (Å²) >= 11 is 0. The van der Waals surface area contributed by atoms with Crippen molar-refractivity contribution in [2.45, 2.75) is 33.2 Å². The van der Waals surface area contributed by atoms with Crippen LogP contribution in [0.4, 0.5) is 0 Å². The van der Waals surface area contributed by atoms with Gasteiger partial charge in [-0.25, -0.2) is 9.59 Å². The molecule has 0 radical (unpaired) electrons. The molecule has 1 aromatic heterocycles. The molecule has 0 fully saturated rings. The van der Waals surface area contributed by atoms with Gasteiger partial charge in [-0.3, -0.25) is 4.79 Å². The van der Waals surface area contributed by atoms with Gasteiger partial charge in [0.1, 0.15) is 17.6 Å². The summed E-state index contributed by atoms with van der Waals surface area (Å²) in [7, 11) is 0. The van der Waals surface area contributed by atoms with Crippen LogP contribution in [0.5, 0.6) is 5.75 Å². The standard InChI is InChI=1S/C24H25NO6/c1-14(2)10-19(23(27)28)25-22(26)13-30-20-9-8-15(3)11-18(20)21-12-16-6-4-5-7-17(16)24(29)31-21/h4-9,11-12,14,19H,10,13H2,1-3H3,(H,25,26)(H,27,28). The van der Waals surface area contributed by atoms with Gasteiger partial charge in [-0.2, -0.15) is 0 Å². The minimum Gasteiger partial charge on any atom is -0.483 e. The van der Waals surface area contributed by atoms with Gasteiger partial charge in [-0.1, -0.05) is 43.7 Å². The molecule has 2 N–H and O–H groups in total. The fourth-order valence-corrected chi connectivity index (χ4v) is 3.30. The molecule has 0 saturated carbocycles. The zero-order valence-electron chi connectivity index (χ0n) is 17.7. The van der Waals surface area contributed by atoms with E-state index in [0.717, 1.165) is 10.9 Å². The molecule has 0 spiro atoms. The summed E-state index contributed by atoms with van der Waals surface area (Å²) in [5.74, 6) is -0.835. The minimum absolute atomic E-state index is 0.113. The number of nitrogens with one attached hydrogen (secondary N) is 1. The van der Waals surface area contributed by atoms with Crippen LogP contribution in [-0.2, 0) is 9.59 Å². The number of carboxylic acid groups (broad SMARTS) is 1. The molecule has 7 nitrogen and oxygen atoms in total. The van der Waals surface area contributed by atoms with Gasteiger partial charge in [0.25, 0.3) is 5.91 Å². The summed E-state index contributed by atoms with van der Waals surface area (Å²) in [6.07, 6.45) is 0.319. The second-order valence-corrected chi connectivity index (χ2v) is 7.86. The topological polar surface area (TPSA) is 106 Å². The van der Waals surface area contributed by atoms with Gasteiger partial charge in [0.15, 0.2) is 6.61 Å². The van der Waals surface area contributed by atoms with Crippen molar-refractivity contribution in [3.05, 3.63) is 64.5 Å². The molecule has 0 bridgehead atoms. The Balaban J connectivity index is 1.83. The van der Waals surface area contributed by atoms with Crippen LogP contribution in [0.1, 0.15) is 25.8 Å². The molecule has 0 aliphatic rings. The fourth-order valence-electron chi connectivity index (χ4n) is 3.30. The molecule has 2 aromatic carbocycles. The Kier molecular flexibility index (Phi) is 6.74. The highest BCUT2D eigenvalue weighted by atomic mass is 16.5. The maximum absolute atomic E-state index is 12.4. The average molecular weight is 423 g/mol. The first-order valence-corrected chi connectivity index (χ1v) is 10.0. The van der Waals surface area contributed by atoms with E-state index in [1.165, 1.54) is 0 Å². The number of carbonyl (C=O) groups is 2. The number of ether oxygens (including phenoxy) is 1. The van der Waals surface area contributed by atoms with E-state index in [0.29, 0.717) is 28.9 Å². The highest BCUT2D eigenvalue weighted by Gasteiger charge is 2.21. The van der Waals surface area contributed by atoms with Crippen LogP contribution < -0.4 is 15.7 Å². The quantitative estimate of drug-likeness (QED) is 0.571. The molecule has 0 aliphatic carbocycles. The maximum atomic E-state index is 12.4. The monoisotopic (exact) mass is 423 g/mol. The molecule has 1 atom stereocenters. The third-order valence-electron chi connectivity index (χ3n) is 4.77. The molecule has 3 aromatic rings. The van der Waals surface area contributed by atoms with Gasteiger partial charge < -0.3 is 19.6 Å². The van der Waals surface area contributed by atoms with E-state index in [4.69, 9.17) is 9.15 Å². The first kappa shape index (κ1) is 22.1. The van der Waals surface area contributed by atoms with Crippen molar-refractivity contribution in [2.75, 3.05) is 6.61 Å². The lowest BCUT2D eigenvalue weighted by molar-refractivity contribution is -0.142. The molecule has 31 heavy (non-hydrogen) atoms. The number of hydrogen-bond acceptors (Lipinski definition) is 5. The third kappa shape index (κ3) is 5.51. The first-order valence-electron chi connectivity index (χ1n) is 10.0. The van der Waals surface area contributed by atoms with E-state index in [9.17, 15) is 19.5 Å². The lowest BCUT2D eigenvalue weighted by atomic mass is 10.0. The van der Waals surface area contributed by atoms with Crippen LogP contribution in [0.15, 0.2) is 57.7 Å². The molecule has 1 unspecified atom stereocenters. The molecule has 1 amide bonds. The highest BCUT2D eigenvalue weighted by Crippen LogP contribution is 2.32. The van der Waals surface area contributed by atoms with Crippen molar-refractivity contribution in [3.63, 3.8) is 0 Å². The number of amides is 1. The van der Waals surface area contributed by atoms with E-state index in [-0.39, 0.29) is 12.5 Å². The number of benzene rings is 2. The van der Waals surface area contributed by atoms with Crippen molar-refractivity contribution < 1.29 is 23.8 Å². The first-order chi connectivity index (χ1) is 14.7. The highest BCUT2D eigenvalue weighted by molar-refractivity contribution is 5.86. The summed E-state index contributed by atoms with van der Waals surface area (Å²) in [5, 5.41) is 13.0. The Morgan fingerprint density at radius 1 is 1.13 bits per heavy atom. The van der Waals surface area contributed by atoms with Crippen LogP contribution in [0, 0.1) is 12.8 Å². The van der Waals surface area contributed by atoms with Gasteiger partial charge in [-0.05, 0) is 48.9 Å². The normalized spacial score (nSPS) is 12.0. The SMILES string of the molecule is Cc1ccc(OCC(=O)NC(CC(C)C)C(=O)O)c(-c2cc3ccccc3c(=O)o2)c1. The third-order valence-corrected chi connectivity index (χ3v) is 4.77. The number of carbonyl (C=O) groups excluding carboxylic acids is 1.